The molecule has 4 saturated carbocycles. The van der Waals surface area contributed by atoms with Gasteiger partial charge < -0.3 is 5.11 Å². The molecule has 4 bridgehead atoms. The number of halogens is 1. The topological polar surface area (TPSA) is 20.2 Å². The van der Waals surface area contributed by atoms with E-state index in [4.69, 9.17) is 0 Å². The minimum absolute atomic E-state index is 0.338. The molecule has 0 unspecified atom stereocenters. The predicted molar refractivity (Wildman–Crippen MR) is 108 cm³/mol. The Morgan fingerprint density at radius 3 is 1.96 bits per heavy atom. The summed E-state index contributed by atoms with van der Waals surface area (Å²) in [6.45, 7) is 9.32. The number of hydrogen-bond acceptors (Lipinski definition) is 1. The van der Waals surface area contributed by atoms with E-state index in [1.807, 2.05) is 0 Å². The second kappa shape index (κ2) is 5.89. The van der Waals surface area contributed by atoms with Crippen LogP contribution in [0.5, 0.6) is 5.75 Å². The molecule has 5 rings (SSSR count). The molecule has 4 fully saturated rings. The summed E-state index contributed by atoms with van der Waals surface area (Å²) in [5, 5.41) is 10.6. The van der Waals surface area contributed by atoms with E-state index in [0.29, 0.717) is 23.0 Å². The van der Waals surface area contributed by atoms with Gasteiger partial charge in [0, 0.05) is 5.41 Å². The van der Waals surface area contributed by atoms with Crippen LogP contribution in [-0.4, -0.2) is 5.11 Å². The molecule has 1 nitrogen and oxygen atoms in total. The Morgan fingerprint density at radius 1 is 0.958 bits per heavy atom. The van der Waals surface area contributed by atoms with Gasteiger partial charge in [0.15, 0.2) is 0 Å². The van der Waals surface area contributed by atoms with Crippen LogP contribution in [0.3, 0.4) is 0 Å². The summed E-state index contributed by atoms with van der Waals surface area (Å²) >= 11 is 2.34. The van der Waals surface area contributed by atoms with Gasteiger partial charge in [0.2, 0.25) is 0 Å². The molecule has 1 N–H and O–H groups in total. The number of rotatable bonds is 3. The fourth-order valence-electron chi connectivity index (χ4n) is 7.02. The minimum atomic E-state index is 0.338. The summed E-state index contributed by atoms with van der Waals surface area (Å²) in [5.74, 6) is 5.27. The van der Waals surface area contributed by atoms with E-state index in [9.17, 15) is 5.11 Å². The zero-order chi connectivity index (χ0) is 17.2. The zero-order valence-corrected chi connectivity index (χ0v) is 17.6. The smallest absolute Gasteiger partial charge is 0.132 e. The van der Waals surface area contributed by atoms with Gasteiger partial charge in [-0.15, -0.1) is 0 Å². The summed E-state index contributed by atoms with van der Waals surface area (Å²) in [6.07, 6.45) is 7.28. The molecule has 0 amide bonds. The number of hydrogen-bond donors (Lipinski definition) is 1. The average molecular weight is 438 g/mol. The maximum absolute atomic E-state index is 10.6. The Labute approximate surface area is 160 Å². The lowest BCUT2D eigenvalue weighted by Crippen LogP contribution is -2.58. The highest BCUT2D eigenvalue weighted by Crippen LogP contribution is 2.65. The Balaban J connectivity index is 1.88. The third-order valence-corrected chi connectivity index (χ3v) is 8.48. The maximum atomic E-state index is 10.6. The SMILES string of the molecule is CC(C)c1cc(C2(C(C)C)C3CC4CC(C3)CC2C4)cc(I)c1O. The van der Waals surface area contributed by atoms with Crippen molar-refractivity contribution in [2.75, 3.05) is 0 Å². The van der Waals surface area contributed by atoms with Crippen molar-refractivity contribution in [3.63, 3.8) is 0 Å². The molecule has 2 heteroatoms. The van der Waals surface area contributed by atoms with Gasteiger partial charge in [-0.05, 0) is 107 Å². The van der Waals surface area contributed by atoms with Crippen LogP contribution in [0.25, 0.3) is 0 Å². The predicted octanol–water partition coefficient (Wildman–Crippen LogP) is 6.47. The quantitative estimate of drug-likeness (QED) is 0.537. The maximum Gasteiger partial charge on any atom is 0.132 e. The summed E-state index contributed by atoms with van der Waals surface area (Å²) in [6, 6.07) is 4.70. The number of benzene rings is 1. The highest BCUT2D eigenvalue weighted by Gasteiger charge is 2.59. The van der Waals surface area contributed by atoms with Crippen molar-refractivity contribution in [2.45, 2.75) is 71.1 Å². The first-order valence-corrected chi connectivity index (χ1v) is 10.9. The van der Waals surface area contributed by atoms with Crippen LogP contribution < -0.4 is 0 Å². The first kappa shape index (κ1) is 17.2. The van der Waals surface area contributed by atoms with Crippen LogP contribution in [0.4, 0.5) is 0 Å². The molecule has 0 aromatic heterocycles. The van der Waals surface area contributed by atoms with Gasteiger partial charge in [0.1, 0.15) is 5.75 Å². The van der Waals surface area contributed by atoms with Gasteiger partial charge in [-0.25, -0.2) is 0 Å². The van der Waals surface area contributed by atoms with Gasteiger partial charge in [-0.3, -0.25) is 0 Å². The molecule has 24 heavy (non-hydrogen) atoms. The molecule has 0 heterocycles. The number of phenols is 1. The molecular weight excluding hydrogens is 407 g/mol. The van der Waals surface area contributed by atoms with Gasteiger partial charge in [-0.1, -0.05) is 33.8 Å². The molecule has 1 aromatic carbocycles. The highest BCUT2D eigenvalue weighted by molar-refractivity contribution is 14.1. The van der Waals surface area contributed by atoms with E-state index < -0.39 is 0 Å². The lowest BCUT2D eigenvalue weighted by Gasteiger charge is -2.63. The Morgan fingerprint density at radius 2 is 1.50 bits per heavy atom. The fourth-order valence-corrected chi connectivity index (χ4v) is 7.67. The van der Waals surface area contributed by atoms with Crippen LogP contribution in [-0.2, 0) is 5.41 Å². The second-order valence-electron chi connectivity index (χ2n) is 9.44. The summed E-state index contributed by atoms with van der Waals surface area (Å²) in [7, 11) is 0. The van der Waals surface area contributed by atoms with Gasteiger partial charge in [0.05, 0.1) is 3.57 Å². The molecule has 0 radical (unpaired) electrons. The van der Waals surface area contributed by atoms with E-state index in [2.05, 4.69) is 62.4 Å². The van der Waals surface area contributed by atoms with Crippen LogP contribution >= 0.6 is 22.6 Å². The molecule has 0 saturated heterocycles. The van der Waals surface area contributed by atoms with Crippen LogP contribution in [0.2, 0.25) is 0 Å². The molecule has 0 spiro atoms. The first-order chi connectivity index (χ1) is 11.3. The normalized spacial score (nSPS) is 37.6. The third-order valence-electron chi connectivity index (χ3n) is 7.66. The van der Waals surface area contributed by atoms with Crippen molar-refractivity contribution < 1.29 is 5.11 Å². The largest absolute Gasteiger partial charge is 0.507 e. The molecule has 1 aromatic rings. The molecular formula is C22H31IO. The average Bonchev–Trinajstić information content (AvgIpc) is 2.49. The first-order valence-electron chi connectivity index (χ1n) is 9.86. The lowest BCUT2D eigenvalue weighted by molar-refractivity contribution is -0.0826. The molecule has 132 valence electrons. The van der Waals surface area contributed by atoms with Gasteiger partial charge in [-0.2, -0.15) is 0 Å². The molecule has 0 atom stereocenters. The Kier molecular flexibility index (Phi) is 4.21. The van der Waals surface area contributed by atoms with E-state index in [1.165, 1.54) is 37.7 Å². The van der Waals surface area contributed by atoms with Crippen LogP contribution in [0.15, 0.2) is 12.1 Å². The van der Waals surface area contributed by atoms with E-state index >= 15 is 0 Å². The van der Waals surface area contributed by atoms with Gasteiger partial charge >= 0.3 is 0 Å². The van der Waals surface area contributed by atoms with Gasteiger partial charge in [0.25, 0.3) is 0 Å². The van der Waals surface area contributed by atoms with Crippen molar-refractivity contribution in [1.29, 1.82) is 0 Å². The minimum Gasteiger partial charge on any atom is -0.507 e. The summed E-state index contributed by atoms with van der Waals surface area (Å²) in [5.41, 5.74) is 3.02. The van der Waals surface area contributed by atoms with Crippen LogP contribution in [0.1, 0.15) is 76.8 Å². The van der Waals surface area contributed by atoms with Crippen molar-refractivity contribution in [3.05, 3.63) is 26.8 Å². The van der Waals surface area contributed by atoms with E-state index in [0.717, 1.165) is 32.8 Å². The summed E-state index contributed by atoms with van der Waals surface area (Å²) < 4.78 is 1.04. The van der Waals surface area contributed by atoms with E-state index in [-0.39, 0.29) is 0 Å². The second-order valence-corrected chi connectivity index (χ2v) is 10.6. The summed E-state index contributed by atoms with van der Waals surface area (Å²) in [4.78, 5) is 0. The van der Waals surface area contributed by atoms with Crippen molar-refractivity contribution in [3.8, 4) is 5.75 Å². The monoisotopic (exact) mass is 438 g/mol. The Bertz CT molecular complexity index is 618. The van der Waals surface area contributed by atoms with Crippen molar-refractivity contribution >= 4 is 22.6 Å². The standard InChI is InChI=1S/C22H31IO/c1-12(2)19-10-18(11-20(23)21(19)24)22(13(3)4)16-6-14-5-15(8-16)9-17(22)7-14/h10-17,24H,5-9H2,1-4H3. The fraction of sp³-hybridized carbons (Fsp3) is 0.727. The third kappa shape index (κ3) is 2.30. The highest BCUT2D eigenvalue weighted by atomic mass is 127. The zero-order valence-electron chi connectivity index (χ0n) is 15.5. The van der Waals surface area contributed by atoms with E-state index in [1.54, 1.807) is 0 Å². The van der Waals surface area contributed by atoms with Crippen molar-refractivity contribution in [1.82, 2.24) is 0 Å². The number of phenolic OH excluding ortho intramolecular Hbond substituents is 1. The molecule has 4 aliphatic carbocycles. The lowest BCUT2D eigenvalue weighted by atomic mass is 9.41. The van der Waals surface area contributed by atoms with Crippen molar-refractivity contribution in [2.24, 2.45) is 29.6 Å². The molecule has 4 aliphatic rings. The number of aromatic hydroxyl groups is 1. The Hall–Kier alpha value is -0.250. The molecule has 0 aliphatic heterocycles. The van der Waals surface area contributed by atoms with Crippen LogP contribution in [0, 0.1) is 33.2 Å².